The van der Waals surface area contributed by atoms with Gasteiger partial charge in [-0.05, 0) is 5.56 Å². The lowest BCUT2D eigenvalue weighted by atomic mass is 9.97. The molecule has 2 aromatic heterocycles. The topological polar surface area (TPSA) is 72.0 Å². The van der Waals surface area contributed by atoms with Crippen LogP contribution in [-0.2, 0) is 6.61 Å². The number of benzene rings is 2. The van der Waals surface area contributed by atoms with Gasteiger partial charge in [-0.2, -0.15) is 5.10 Å². The van der Waals surface area contributed by atoms with E-state index in [4.69, 9.17) is 4.42 Å². The first-order valence-electron chi connectivity index (χ1n) is 7.89. The Morgan fingerprint density at radius 3 is 2.20 bits per heavy atom. The third kappa shape index (κ3) is 2.93. The normalized spacial score (nSPS) is 10.8. The molecule has 122 valence electrons. The monoisotopic (exact) mass is 329 g/mol. The summed E-state index contributed by atoms with van der Waals surface area (Å²) in [6.45, 7) is -0.177. The smallest absolute Gasteiger partial charge is 0.229 e. The van der Waals surface area contributed by atoms with E-state index in [-0.39, 0.29) is 6.61 Å². The molecule has 5 nitrogen and oxygen atoms in total. The van der Waals surface area contributed by atoms with E-state index >= 15 is 0 Å². The van der Waals surface area contributed by atoms with Crippen LogP contribution in [0.2, 0.25) is 0 Å². The van der Waals surface area contributed by atoms with Crippen molar-refractivity contribution in [1.29, 1.82) is 0 Å². The van der Waals surface area contributed by atoms with Crippen LogP contribution in [0.15, 0.2) is 77.5 Å². The first kappa shape index (κ1) is 15.2. The van der Waals surface area contributed by atoms with Crippen LogP contribution in [0.3, 0.4) is 0 Å². The minimum Gasteiger partial charge on any atom is -0.444 e. The standard InChI is InChI=1S/C20H15N3O2/c24-12-16-13-25-20(22-16)18-17(14-7-3-1-4-8-14)11-21-23-19(18)15-9-5-2-6-10-15/h1-11,13,24H,12H2. The summed E-state index contributed by atoms with van der Waals surface area (Å²) in [5.74, 6) is 0.414. The van der Waals surface area contributed by atoms with Gasteiger partial charge in [0.15, 0.2) is 0 Å². The van der Waals surface area contributed by atoms with Gasteiger partial charge >= 0.3 is 0 Å². The first-order valence-corrected chi connectivity index (χ1v) is 7.89. The van der Waals surface area contributed by atoms with Crippen LogP contribution in [0.4, 0.5) is 0 Å². The molecule has 4 rings (SSSR count). The molecule has 0 saturated heterocycles. The Morgan fingerprint density at radius 2 is 1.56 bits per heavy atom. The van der Waals surface area contributed by atoms with Gasteiger partial charge in [-0.1, -0.05) is 60.7 Å². The molecule has 0 spiro atoms. The fraction of sp³-hybridized carbons (Fsp3) is 0.0500. The predicted octanol–water partition coefficient (Wildman–Crippen LogP) is 3.96. The van der Waals surface area contributed by atoms with Gasteiger partial charge in [-0.15, -0.1) is 5.10 Å². The Balaban J connectivity index is 1.99. The van der Waals surface area contributed by atoms with E-state index in [0.717, 1.165) is 22.3 Å². The quantitative estimate of drug-likeness (QED) is 0.613. The maximum atomic E-state index is 9.32. The van der Waals surface area contributed by atoms with E-state index < -0.39 is 0 Å². The first-order chi connectivity index (χ1) is 12.4. The Labute approximate surface area is 144 Å². The second-order valence-corrected chi connectivity index (χ2v) is 5.52. The van der Waals surface area contributed by atoms with Crippen LogP contribution in [0.5, 0.6) is 0 Å². The average molecular weight is 329 g/mol. The molecular formula is C20H15N3O2. The van der Waals surface area contributed by atoms with Gasteiger partial charge < -0.3 is 9.52 Å². The van der Waals surface area contributed by atoms with Gasteiger partial charge in [0.1, 0.15) is 17.7 Å². The van der Waals surface area contributed by atoms with Crippen molar-refractivity contribution in [2.45, 2.75) is 6.61 Å². The number of hydrogen-bond acceptors (Lipinski definition) is 5. The molecule has 4 aromatic rings. The maximum absolute atomic E-state index is 9.32. The van der Waals surface area contributed by atoms with Crippen molar-refractivity contribution in [3.8, 4) is 33.8 Å². The molecule has 0 amide bonds. The highest BCUT2D eigenvalue weighted by Gasteiger charge is 2.20. The van der Waals surface area contributed by atoms with Crippen molar-refractivity contribution < 1.29 is 9.52 Å². The molecule has 1 N–H and O–H groups in total. The van der Waals surface area contributed by atoms with E-state index in [1.807, 2.05) is 60.7 Å². The summed E-state index contributed by atoms with van der Waals surface area (Å²) in [7, 11) is 0. The van der Waals surface area contributed by atoms with E-state index in [0.29, 0.717) is 17.3 Å². The van der Waals surface area contributed by atoms with Gasteiger partial charge in [0.25, 0.3) is 0 Å². The maximum Gasteiger partial charge on any atom is 0.229 e. The predicted molar refractivity (Wildman–Crippen MR) is 94.3 cm³/mol. The molecule has 2 aromatic carbocycles. The van der Waals surface area contributed by atoms with E-state index in [9.17, 15) is 5.11 Å². The highest BCUT2D eigenvalue weighted by molar-refractivity contribution is 5.89. The van der Waals surface area contributed by atoms with Crippen molar-refractivity contribution in [3.05, 3.63) is 78.8 Å². The molecule has 0 aliphatic carbocycles. The molecule has 25 heavy (non-hydrogen) atoms. The van der Waals surface area contributed by atoms with E-state index in [2.05, 4.69) is 15.2 Å². The van der Waals surface area contributed by atoms with Crippen LogP contribution in [0.25, 0.3) is 33.8 Å². The summed E-state index contributed by atoms with van der Waals surface area (Å²) < 4.78 is 5.63. The Bertz CT molecular complexity index is 925. The second kappa shape index (κ2) is 6.67. The molecule has 0 fully saturated rings. The summed E-state index contributed by atoms with van der Waals surface area (Å²) in [5, 5.41) is 17.8. The lowest BCUT2D eigenvalue weighted by molar-refractivity contribution is 0.276. The van der Waals surface area contributed by atoms with Gasteiger partial charge in [0, 0.05) is 11.1 Å². The molecule has 0 atom stereocenters. The zero-order valence-corrected chi connectivity index (χ0v) is 13.3. The molecule has 0 saturated carbocycles. The summed E-state index contributed by atoms with van der Waals surface area (Å²) in [4.78, 5) is 4.39. The highest BCUT2D eigenvalue weighted by Crippen LogP contribution is 2.37. The van der Waals surface area contributed by atoms with Gasteiger partial charge in [0.2, 0.25) is 5.89 Å². The fourth-order valence-corrected chi connectivity index (χ4v) is 2.73. The SMILES string of the molecule is OCc1coc(-c2c(-c3ccccc3)cnnc2-c2ccccc2)n1. The average Bonchev–Trinajstić information content (AvgIpc) is 3.18. The van der Waals surface area contributed by atoms with Crippen LogP contribution >= 0.6 is 0 Å². The number of hydrogen-bond donors (Lipinski definition) is 1. The molecule has 5 heteroatoms. The molecule has 0 unspecified atom stereocenters. The highest BCUT2D eigenvalue weighted by atomic mass is 16.3. The summed E-state index contributed by atoms with van der Waals surface area (Å²) >= 11 is 0. The van der Waals surface area contributed by atoms with Gasteiger partial charge in [0.05, 0.1) is 18.4 Å². The zero-order chi connectivity index (χ0) is 17.1. The number of aliphatic hydroxyl groups is 1. The zero-order valence-electron chi connectivity index (χ0n) is 13.3. The lowest BCUT2D eigenvalue weighted by Crippen LogP contribution is -1.96. The summed E-state index contributed by atoms with van der Waals surface area (Å²) in [5.41, 5.74) is 4.71. The summed E-state index contributed by atoms with van der Waals surface area (Å²) in [6.07, 6.45) is 3.17. The lowest BCUT2D eigenvalue weighted by Gasteiger charge is -2.11. The van der Waals surface area contributed by atoms with Gasteiger partial charge in [-0.25, -0.2) is 4.98 Å². The van der Waals surface area contributed by atoms with Gasteiger partial charge in [-0.3, -0.25) is 0 Å². The molecule has 0 aliphatic rings. The molecule has 0 bridgehead atoms. The van der Waals surface area contributed by atoms with Crippen LogP contribution in [0, 0.1) is 0 Å². The summed E-state index contributed by atoms with van der Waals surface area (Å²) in [6, 6.07) is 19.7. The number of aliphatic hydroxyl groups excluding tert-OH is 1. The Hall–Kier alpha value is -3.31. The van der Waals surface area contributed by atoms with Crippen LogP contribution in [-0.4, -0.2) is 20.3 Å². The van der Waals surface area contributed by atoms with Crippen molar-refractivity contribution in [2.75, 3.05) is 0 Å². The van der Waals surface area contributed by atoms with Crippen molar-refractivity contribution in [2.24, 2.45) is 0 Å². The molecule has 0 radical (unpaired) electrons. The largest absolute Gasteiger partial charge is 0.444 e. The van der Waals surface area contributed by atoms with Crippen molar-refractivity contribution in [1.82, 2.24) is 15.2 Å². The Kier molecular flexibility index (Phi) is 4.06. The van der Waals surface area contributed by atoms with E-state index in [1.54, 1.807) is 6.20 Å². The number of nitrogens with zero attached hydrogens (tertiary/aromatic N) is 3. The molecular weight excluding hydrogens is 314 g/mol. The van der Waals surface area contributed by atoms with E-state index in [1.165, 1.54) is 6.26 Å². The second-order valence-electron chi connectivity index (χ2n) is 5.52. The van der Waals surface area contributed by atoms with Crippen molar-refractivity contribution >= 4 is 0 Å². The number of oxazole rings is 1. The van der Waals surface area contributed by atoms with Crippen molar-refractivity contribution in [3.63, 3.8) is 0 Å². The van der Waals surface area contributed by atoms with Crippen LogP contribution in [0.1, 0.15) is 5.69 Å². The fourth-order valence-electron chi connectivity index (χ4n) is 2.73. The minimum absolute atomic E-state index is 0.177. The Morgan fingerprint density at radius 1 is 0.880 bits per heavy atom. The minimum atomic E-state index is -0.177. The number of rotatable bonds is 4. The third-order valence-electron chi connectivity index (χ3n) is 3.91. The molecule has 2 heterocycles. The molecule has 0 aliphatic heterocycles. The number of aromatic nitrogens is 3. The van der Waals surface area contributed by atoms with Crippen LogP contribution < -0.4 is 0 Å². The third-order valence-corrected chi connectivity index (χ3v) is 3.91.